The minimum atomic E-state index is -0.459. The molecule has 1 amide bonds. The van der Waals surface area contributed by atoms with Crippen LogP contribution in [-0.2, 0) is 9.53 Å². The fourth-order valence-electron chi connectivity index (χ4n) is 4.85. The molecule has 1 saturated carbocycles. The van der Waals surface area contributed by atoms with Gasteiger partial charge in [-0.15, -0.1) is 11.3 Å². The second-order valence-electron chi connectivity index (χ2n) is 9.76. The number of oxazole rings is 1. The van der Waals surface area contributed by atoms with E-state index in [-0.39, 0.29) is 17.9 Å². The first-order valence-corrected chi connectivity index (χ1v) is 13.2. The summed E-state index contributed by atoms with van der Waals surface area (Å²) in [6, 6.07) is 11.1. The molecule has 0 N–H and O–H groups in total. The van der Waals surface area contributed by atoms with Gasteiger partial charge in [0.25, 0.3) is 5.89 Å². The molecule has 3 aromatic heterocycles. The molecule has 8 heteroatoms. The molecule has 0 aliphatic heterocycles. The minimum absolute atomic E-state index is 0.0304. The number of benzene rings is 1. The van der Waals surface area contributed by atoms with Crippen molar-refractivity contribution in [2.75, 3.05) is 12.0 Å². The van der Waals surface area contributed by atoms with Crippen LogP contribution in [0.25, 0.3) is 33.2 Å². The third kappa shape index (κ3) is 4.57. The number of aromatic nitrogens is 1. The molecule has 0 saturated heterocycles. The Hall–Kier alpha value is -3.39. The summed E-state index contributed by atoms with van der Waals surface area (Å²) in [6.45, 7) is 6.19. The van der Waals surface area contributed by atoms with Gasteiger partial charge in [-0.25, -0.2) is 9.78 Å². The highest BCUT2D eigenvalue weighted by molar-refractivity contribution is 7.18. The molecule has 36 heavy (non-hydrogen) atoms. The number of nitrogens with zero attached hydrogens (tertiary/aromatic N) is 2. The molecule has 3 heterocycles. The Bertz CT molecular complexity index is 1360. The monoisotopic (exact) mass is 506 g/mol. The molecule has 0 atom stereocenters. The standard InChI is InChI=1S/C28H30N2O5S/c1-16(2)30(27(31)18-11-9-17(3)10-12-18)21-14-24(36-25(21)28(32)33-4)19-13-23(34-15-19)26-29-20-7-5-6-8-22(20)35-26/h5-8,13-18H,9-12H2,1-4H3. The van der Waals surface area contributed by atoms with E-state index in [1.54, 1.807) is 11.2 Å². The number of furan rings is 1. The Morgan fingerprint density at radius 1 is 1.14 bits per heavy atom. The van der Waals surface area contributed by atoms with Gasteiger partial charge in [-0.3, -0.25) is 4.79 Å². The van der Waals surface area contributed by atoms with E-state index in [4.69, 9.17) is 13.6 Å². The van der Waals surface area contributed by atoms with E-state index in [0.717, 1.165) is 41.6 Å². The lowest BCUT2D eigenvalue weighted by atomic mass is 9.82. The predicted molar refractivity (Wildman–Crippen MR) is 140 cm³/mol. The van der Waals surface area contributed by atoms with E-state index >= 15 is 0 Å². The second-order valence-corrected chi connectivity index (χ2v) is 10.8. The van der Waals surface area contributed by atoms with Crippen LogP contribution in [-0.4, -0.2) is 30.0 Å². The number of carbonyl (C=O) groups excluding carboxylic acids is 2. The highest BCUT2D eigenvalue weighted by Gasteiger charge is 2.34. The van der Waals surface area contributed by atoms with Crippen LogP contribution >= 0.6 is 11.3 Å². The highest BCUT2D eigenvalue weighted by Crippen LogP contribution is 2.41. The molecule has 1 aliphatic carbocycles. The predicted octanol–water partition coefficient (Wildman–Crippen LogP) is 7.17. The Labute approximate surface area is 214 Å². The van der Waals surface area contributed by atoms with Crippen molar-refractivity contribution in [3.8, 4) is 22.1 Å². The van der Waals surface area contributed by atoms with Gasteiger partial charge in [0.05, 0.1) is 12.8 Å². The molecule has 0 bridgehead atoms. The second kappa shape index (κ2) is 9.93. The van der Waals surface area contributed by atoms with Crippen LogP contribution in [0.15, 0.2) is 51.5 Å². The zero-order chi connectivity index (χ0) is 25.4. The summed E-state index contributed by atoms with van der Waals surface area (Å²) in [5, 5.41) is 0. The van der Waals surface area contributed by atoms with Crippen LogP contribution in [0.2, 0.25) is 0 Å². The molecule has 5 rings (SSSR count). The first-order chi connectivity index (χ1) is 17.4. The summed E-state index contributed by atoms with van der Waals surface area (Å²) < 4.78 is 16.7. The maximum Gasteiger partial charge on any atom is 0.350 e. The molecule has 4 aromatic rings. The van der Waals surface area contributed by atoms with Crippen molar-refractivity contribution in [3.05, 3.63) is 47.5 Å². The fraction of sp³-hybridized carbons (Fsp3) is 0.393. The Kier molecular flexibility index (Phi) is 6.71. The smallest absolute Gasteiger partial charge is 0.350 e. The number of para-hydroxylation sites is 2. The number of anilines is 1. The first kappa shape index (κ1) is 24.3. The molecule has 0 spiro atoms. The quantitative estimate of drug-likeness (QED) is 0.258. The van der Waals surface area contributed by atoms with Gasteiger partial charge >= 0.3 is 5.97 Å². The molecule has 188 valence electrons. The Morgan fingerprint density at radius 3 is 2.58 bits per heavy atom. The lowest BCUT2D eigenvalue weighted by Gasteiger charge is -2.33. The van der Waals surface area contributed by atoms with Crippen molar-refractivity contribution in [1.82, 2.24) is 4.98 Å². The maximum absolute atomic E-state index is 13.7. The van der Waals surface area contributed by atoms with Crippen LogP contribution in [0.1, 0.15) is 56.1 Å². The molecule has 1 fully saturated rings. The Morgan fingerprint density at radius 2 is 1.89 bits per heavy atom. The number of fused-ring (bicyclic) bond motifs is 1. The summed E-state index contributed by atoms with van der Waals surface area (Å²) in [7, 11) is 1.36. The van der Waals surface area contributed by atoms with E-state index in [0.29, 0.717) is 33.7 Å². The molecular formula is C28H30N2O5S. The summed E-state index contributed by atoms with van der Waals surface area (Å²) in [5.41, 5.74) is 2.79. The van der Waals surface area contributed by atoms with Gasteiger partial charge in [-0.05, 0) is 69.7 Å². The third-order valence-electron chi connectivity index (χ3n) is 6.85. The van der Waals surface area contributed by atoms with E-state index < -0.39 is 5.97 Å². The third-order valence-corrected chi connectivity index (χ3v) is 8.00. The maximum atomic E-state index is 13.7. The van der Waals surface area contributed by atoms with Crippen LogP contribution < -0.4 is 4.90 Å². The lowest BCUT2D eigenvalue weighted by Crippen LogP contribution is -2.42. The number of ether oxygens (including phenoxy) is 1. The molecule has 1 aromatic carbocycles. The number of amides is 1. The minimum Gasteiger partial charge on any atom is -0.465 e. The van der Waals surface area contributed by atoms with Crippen molar-refractivity contribution in [2.24, 2.45) is 11.8 Å². The largest absolute Gasteiger partial charge is 0.465 e. The number of rotatable bonds is 6. The van der Waals surface area contributed by atoms with Gasteiger partial charge in [-0.2, -0.15) is 0 Å². The van der Waals surface area contributed by atoms with Crippen molar-refractivity contribution in [1.29, 1.82) is 0 Å². The normalized spacial score (nSPS) is 18.0. The summed E-state index contributed by atoms with van der Waals surface area (Å²) in [5.74, 6) is 1.11. The molecule has 1 aliphatic rings. The van der Waals surface area contributed by atoms with Gasteiger partial charge in [0.1, 0.15) is 16.7 Å². The average Bonchev–Trinajstić information content (AvgIpc) is 3.61. The number of methoxy groups -OCH3 is 1. The fourth-order valence-corrected chi connectivity index (χ4v) is 5.90. The molecule has 0 unspecified atom stereocenters. The number of hydrogen-bond donors (Lipinski definition) is 0. The van der Waals surface area contributed by atoms with E-state index in [1.165, 1.54) is 18.4 Å². The van der Waals surface area contributed by atoms with Crippen LogP contribution in [0.4, 0.5) is 5.69 Å². The zero-order valence-electron chi connectivity index (χ0n) is 20.9. The lowest BCUT2D eigenvalue weighted by molar-refractivity contribution is -0.123. The van der Waals surface area contributed by atoms with E-state index in [9.17, 15) is 9.59 Å². The summed E-state index contributed by atoms with van der Waals surface area (Å²) in [6.07, 6.45) is 5.47. The van der Waals surface area contributed by atoms with Crippen molar-refractivity contribution < 1.29 is 23.2 Å². The van der Waals surface area contributed by atoms with Crippen LogP contribution in [0.5, 0.6) is 0 Å². The number of thiophene rings is 1. The molecular weight excluding hydrogens is 476 g/mol. The SMILES string of the molecule is COC(=O)c1sc(-c2coc(-c3nc4ccccc4o3)c2)cc1N(C(=O)C1CCC(C)CC1)C(C)C. The van der Waals surface area contributed by atoms with Gasteiger partial charge in [-0.1, -0.05) is 19.1 Å². The first-order valence-electron chi connectivity index (χ1n) is 12.4. The van der Waals surface area contributed by atoms with E-state index in [2.05, 4.69) is 11.9 Å². The van der Waals surface area contributed by atoms with Crippen molar-refractivity contribution in [3.63, 3.8) is 0 Å². The van der Waals surface area contributed by atoms with Gasteiger partial charge in [0.15, 0.2) is 11.3 Å². The average molecular weight is 507 g/mol. The van der Waals surface area contributed by atoms with Gasteiger partial charge in [0, 0.05) is 22.4 Å². The molecule has 0 radical (unpaired) electrons. The van der Waals surface area contributed by atoms with E-state index in [1.807, 2.05) is 50.2 Å². The Balaban J connectivity index is 1.50. The highest BCUT2D eigenvalue weighted by atomic mass is 32.1. The van der Waals surface area contributed by atoms with Crippen LogP contribution in [0, 0.1) is 11.8 Å². The van der Waals surface area contributed by atoms with Crippen molar-refractivity contribution >= 4 is 40.0 Å². The van der Waals surface area contributed by atoms with Gasteiger partial charge < -0.3 is 18.5 Å². The number of esters is 1. The number of carbonyl (C=O) groups is 2. The number of hydrogen-bond acceptors (Lipinski definition) is 7. The summed E-state index contributed by atoms with van der Waals surface area (Å²) in [4.78, 5) is 33.9. The summed E-state index contributed by atoms with van der Waals surface area (Å²) >= 11 is 1.29. The van der Waals surface area contributed by atoms with Crippen LogP contribution in [0.3, 0.4) is 0 Å². The topological polar surface area (TPSA) is 85.8 Å². The van der Waals surface area contributed by atoms with Crippen molar-refractivity contribution in [2.45, 2.75) is 52.5 Å². The zero-order valence-corrected chi connectivity index (χ0v) is 21.8. The molecule has 7 nitrogen and oxygen atoms in total. The van der Waals surface area contributed by atoms with Gasteiger partial charge in [0.2, 0.25) is 5.91 Å².